The molecule has 0 saturated heterocycles. The van der Waals surface area contributed by atoms with Crippen LogP contribution in [-0.2, 0) is 0 Å². The van der Waals surface area contributed by atoms with Crippen molar-refractivity contribution in [3.63, 3.8) is 0 Å². The summed E-state index contributed by atoms with van der Waals surface area (Å²) >= 11 is 0. The molecule has 0 spiro atoms. The topological polar surface area (TPSA) is 78.3 Å². The Labute approximate surface area is 99.7 Å². The van der Waals surface area contributed by atoms with Crippen LogP contribution in [0.25, 0.3) is 0 Å². The van der Waals surface area contributed by atoms with Gasteiger partial charge in [-0.3, -0.25) is 4.79 Å². The van der Waals surface area contributed by atoms with Gasteiger partial charge in [0.15, 0.2) is 11.6 Å². The number of ether oxygens (including phenoxy) is 1. The van der Waals surface area contributed by atoms with Crippen molar-refractivity contribution in [1.29, 1.82) is 0 Å². The molecule has 4 N–H and O–H groups in total. The summed E-state index contributed by atoms with van der Waals surface area (Å²) in [4.78, 5) is 11.1. The molecule has 1 rings (SSSR count). The van der Waals surface area contributed by atoms with Crippen molar-refractivity contribution >= 4 is 11.6 Å². The minimum Gasteiger partial charge on any atom is -0.485 e. The number of nitrogens with two attached hydrogens (primary N) is 2. The van der Waals surface area contributed by atoms with Crippen LogP contribution in [0.5, 0.6) is 5.75 Å². The Bertz CT molecular complexity index is 444. The zero-order chi connectivity index (χ0) is 13.2. The number of halogens is 1. The lowest BCUT2D eigenvalue weighted by molar-refractivity contribution is 0.0965. The Hall–Kier alpha value is -1.78. The van der Waals surface area contributed by atoms with Gasteiger partial charge in [-0.1, -0.05) is 6.92 Å². The van der Waals surface area contributed by atoms with Gasteiger partial charge in [0.2, 0.25) is 0 Å². The average Bonchev–Trinajstić information content (AvgIpc) is 2.21. The number of hydrogen-bond donors (Lipinski definition) is 2. The molecule has 0 bridgehead atoms. The van der Waals surface area contributed by atoms with Crippen LogP contribution in [0, 0.1) is 5.82 Å². The van der Waals surface area contributed by atoms with Crippen LogP contribution in [0.4, 0.5) is 10.1 Å². The Kier molecular flexibility index (Phi) is 3.60. The molecule has 0 aliphatic heterocycles. The Morgan fingerprint density at radius 3 is 2.53 bits per heavy atom. The molecule has 0 saturated carbocycles. The molecule has 94 valence electrons. The monoisotopic (exact) mass is 240 g/mol. The van der Waals surface area contributed by atoms with E-state index >= 15 is 0 Å². The molecule has 1 aromatic carbocycles. The largest absolute Gasteiger partial charge is 0.485 e. The maximum absolute atomic E-state index is 13.6. The van der Waals surface area contributed by atoms with Crippen LogP contribution in [-0.4, -0.2) is 11.5 Å². The van der Waals surface area contributed by atoms with Crippen LogP contribution in [0.2, 0.25) is 0 Å². The molecule has 1 amide bonds. The number of carbonyl (C=O) groups excluding carboxylic acids is 1. The first-order valence-corrected chi connectivity index (χ1v) is 5.34. The SMILES string of the molecule is CCC(C)(C)Oc1cc(C(N)=O)c(N)cc1F. The number of nitrogen functional groups attached to an aromatic ring is 1. The molecular formula is C12H17FN2O2. The number of hydrogen-bond acceptors (Lipinski definition) is 3. The lowest BCUT2D eigenvalue weighted by Crippen LogP contribution is -2.27. The van der Waals surface area contributed by atoms with Gasteiger partial charge in [0.25, 0.3) is 5.91 Å². The Balaban J connectivity index is 3.17. The summed E-state index contributed by atoms with van der Waals surface area (Å²) < 4.78 is 19.1. The van der Waals surface area contributed by atoms with Crippen molar-refractivity contribution in [1.82, 2.24) is 0 Å². The van der Waals surface area contributed by atoms with Crippen LogP contribution in [0.1, 0.15) is 37.6 Å². The maximum atomic E-state index is 13.6. The minimum atomic E-state index is -0.707. The molecular weight excluding hydrogens is 223 g/mol. The highest BCUT2D eigenvalue weighted by Gasteiger charge is 2.21. The number of benzene rings is 1. The molecule has 0 aliphatic rings. The molecule has 0 aromatic heterocycles. The molecule has 17 heavy (non-hydrogen) atoms. The van der Waals surface area contributed by atoms with Crippen molar-refractivity contribution in [2.24, 2.45) is 5.73 Å². The highest BCUT2D eigenvalue weighted by atomic mass is 19.1. The van der Waals surface area contributed by atoms with E-state index in [1.165, 1.54) is 6.07 Å². The fourth-order valence-corrected chi connectivity index (χ4v) is 1.23. The fraction of sp³-hybridized carbons (Fsp3) is 0.417. The number of primary amides is 1. The normalized spacial score (nSPS) is 11.3. The first kappa shape index (κ1) is 13.3. The number of rotatable bonds is 4. The smallest absolute Gasteiger partial charge is 0.250 e. The van der Waals surface area contributed by atoms with Crippen LogP contribution in [0.15, 0.2) is 12.1 Å². The van der Waals surface area contributed by atoms with Gasteiger partial charge < -0.3 is 16.2 Å². The fourth-order valence-electron chi connectivity index (χ4n) is 1.23. The van der Waals surface area contributed by atoms with Crippen molar-refractivity contribution < 1.29 is 13.9 Å². The van der Waals surface area contributed by atoms with E-state index in [2.05, 4.69) is 0 Å². The van der Waals surface area contributed by atoms with Gasteiger partial charge in [0.1, 0.15) is 5.60 Å². The summed E-state index contributed by atoms with van der Waals surface area (Å²) in [6.07, 6.45) is 0.697. The summed E-state index contributed by atoms with van der Waals surface area (Å²) in [5.41, 5.74) is 10.2. The van der Waals surface area contributed by atoms with E-state index in [9.17, 15) is 9.18 Å². The first-order valence-electron chi connectivity index (χ1n) is 5.34. The van der Waals surface area contributed by atoms with Gasteiger partial charge in [0, 0.05) is 11.8 Å². The zero-order valence-corrected chi connectivity index (χ0v) is 10.2. The maximum Gasteiger partial charge on any atom is 0.250 e. The van der Waals surface area contributed by atoms with E-state index in [0.29, 0.717) is 6.42 Å². The molecule has 1 aromatic rings. The standard InChI is InChI=1S/C12H17FN2O2/c1-4-12(2,3)17-10-5-7(11(15)16)9(14)6-8(10)13/h5-6H,4,14H2,1-3H3,(H2,15,16). The Morgan fingerprint density at radius 2 is 2.06 bits per heavy atom. The zero-order valence-electron chi connectivity index (χ0n) is 10.2. The van der Waals surface area contributed by atoms with Gasteiger partial charge in [-0.05, 0) is 26.3 Å². The van der Waals surface area contributed by atoms with Crippen LogP contribution >= 0.6 is 0 Å². The van der Waals surface area contributed by atoms with Crippen LogP contribution in [0.3, 0.4) is 0 Å². The average molecular weight is 240 g/mol. The molecule has 4 nitrogen and oxygen atoms in total. The molecule has 0 radical (unpaired) electrons. The van der Waals surface area contributed by atoms with Gasteiger partial charge >= 0.3 is 0 Å². The summed E-state index contributed by atoms with van der Waals surface area (Å²) in [6.45, 7) is 5.57. The molecule has 0 fully saturated rings. The third kappa shape index (κ3) is 3.09. The molecule has 0 heterocycles. The number of anilines is 1. The second-order valence-corrected chi connectivity index (χ2v) is 4.45. The highest BCUT2D eigenvalue weighted by Crippen LogP contribution is 2.28. The van der Waals surface area contributed by atoms with E-state index in [-0.39, 0.29) is 17.0 Å². The van der Waals surface area contributed by atoms with E-state index in [1.54, 1.807) is 0 Å². The first-order chi connectivity index (χ1) is 7.76. The molecule has 0 atom stereocenters. The highest BCUT2D eigenvalue weighted by molar-refractivity contribution is 5.98. The molecule has 0 aliphatic carbocycles. The third-order valence-corrected chi connectivity index (χ3v) is 2.61. The Morgan fingerprint density at radius 1 is 1.47 bits per heavy atom. The lowest BCUT2D eigenvalue weighted by Gasteiger charge is -2.25. The van der Waals surface area contributed by atoms with E-state index < -0.39 is 17.3 Å². The predicted octanol–water partition coefficient (Wildman–Crippen LogP) is 2.07. The summed E-state index contributed by atoms with van der Waals surface area (Å²) in [7, 11) is 0. The number of carbonyl (C=O) groups is 1. The van der Waals surface area contributed by atoms with Crippen molar-refractivity contribution in [3.05, 3.63) is 23.5 Å². The number of amides is 1. The van der Waals surface area contributed by atoms with Gasteiger partial charge in [-0.25, -0.2) is 4.39 Å². The van der Waals surface area contributed by atoms with Crippen molar-refractivity contribution in [2.75, 3.05) is 5.73 Å². The second-order valence-electron chi connectivity index (χ2n) is 4.45. The van der Waals surface area contributed by atoms with E-state index in [4.69, 9.17) is 16.2 Å². The van der Waals surface area contributed by atoms with Crippen molar-refractivity contribution in [2.45, 2.75) is 32.8 Å². The summed E-state index contributed by atoms with van der Waals surface area (Å²) in [5.74, 6) is -1.32. The van der Waals surface area contributed by atoms with Gasteiger partial charge in [-0.2, -0.15) is 0 Å². The van der Waals surface area contributed by atoms with Crippen LogP contribution < -0.4 is 16.2 Å². The second kappa shape index (κ2) is 4.61. The van der Waals surface area contributed by atoms with E-state index in [0.717, 1.165) is 6.07 Å². The molecule has 5 heteroatoms. The lowest BCUT2D eigenvalue weighted by atomic mass is 10.1. The quantitative estimate of drug-likeness (QED) is 0.791. The van der Waals surface area contributed by atoms with Gasteiger partial charge in [-0.15, -0.1) is 0 Å². The summed E-state index contributed by atoms with van der Waals surface area (Å²) in [6, 6.07) is 2.28. The van der Waals surface area contributed by atoms with E-state index in [1.807, 2.05) is 20.8 Å². The molecule has 0 unspecified atom stereocenters. The summed E-state index contributed by atoms with van der Waals surface area (Å²) in [5, 5.41) is 0. The minimum absolute atomic E-state index is 0.0108. The predicted molar refractivity (Wildman–Crippen MR) is 64.3 cm³/mol. The third-order valence-electron chi connectivity index (χ3n) is 2.61. The van der Waals surface area contributed by atoms with Gasteiger partial charge in [0.05, 0.1) is 5.56 Å². The van der Waals surface area contributed by atoms with Crippen molar-refractivity contribution in [3.8, 4) is 5.75 Å².